The van der Waals surface area contributed by atoms with Gasteiger partial charge in [-0.2, -0.15) is 0 Å². The molecule has 4 heteroatoms. The SMILES string of the molecule is C[Si](C)(CCCO)OCCCN. The molecule has 0 spiro atoms. The van der Waals surface area contributed by atoms with Gasteiger partial charge in [0.25, 0.3) is 0 Å². The van der Waals surface area contributed by atoms with Gasteiger partial charge in [0.2, 0.25) is 0 Å². The van der Waals surface area contributed by atoms with Crippen LogP contribution in [0.15, 0.2) is 0 Å². The highest BCUT2D eigenvalue weighted by Gasteiger charge is 2.20. The molecule has 3 N–H and O–H groups in total. The second-order valence-corrected chi connectivity index (χ2v) is 7.89. The van der Waals surface area contributed by atoms with E-state index in [1.165, 1.54) is 0 Å². The molecular weight excluding hydrogens is 170 g/mol. The van der Waals surface area contributed by atoms with E-state index in [1.807, 2.05) is 0 Å². The molecule has 0 fully saturated rings. The molecule has 0 rings (SSSR count). The van der Waals surface area contributed by atoms with Gasteiger partial charge in [0.1, 0.15) is 0 Å². The van der Waals surface area contributed by atoms with Crippen molar-refractivity contribution in [2.75, 3.05) is 19.8 Å². The van der Waals surface area contributed by atoms with Gasteiger partial charge in [0, 0.05) is 13.2 Å². The van der Waals surface area contributed by atoms with Crippen LogP contribution in [0.25, 0.3) is 0 Å². The Kier molecular flexibility index (Phi) is 6.65. The molecule has 0 unspecified atom stereocenters. The lowest BCUT2D eigenvalue weighted by Gasteiger charge is -2.22. The first-order valence-electron chi connectivity index (χ1n) is 4.57. The molecule has 0 bridgehead atoms. The van der Waals surface area contributed by atoms with E-state index in [2.05, 4.69) is 13.1 Å². The maximum Gasteiger partial charge on any atom is 0.186 e. The van der Waals surface area contributed by atoms with Crippen LogP contribution < -0.4 is 5.73 Å². The minimum absolute atomic E-state index is 0.274. The Morgan fingerprint density at radius 3 is 2.50 bits per heavy atom. The fourth-order valence-electron chi connectivity index (χ4n) is 1.01. The van der Waals surface area contributed by atoms with Crippen LogP contribution in [0, 0.1) is 0 Å². The minimum atomic E-state index is -1.48. The van der Waals surface area contributed by atoms with Crippen LogP contribution >= 0.6 is 0 Å². The summed E-state index contributed by atoms with van der Waals surface area (Å²) in [5, 5.41) is 8.65. The topological polar surface area (TPSA) is 55.5 Å². The third-order valence-corrected chi connectivity index (χ3v) is 4.32. The van der Waals surface area contributed by atoms with Crippen molar-refractivity contribution in [2.24, 2.45) is 5.73 Å². The predicted molar refractivity (Wildman–Crippen MR) is 53.6 cm³/mol. The van der Waals surface area contributed by atoms with Crippen molar-refractivity contribution >= 4 is 8.32 Å². The first-order chi connectivity index (χ1) is 5.62. The van der Waals surface area contributed by atoms with E-state index in [0.29, 0.717) is 6.54 Å². The third kappa shape index (κ3) is 6.79. The fourth-order valence-corrected chi connectivity index (χ4v) is 2.86. The van der Waals surface area contributed by atoms with Gasteiger partial charge < -0.3 is 15.3 Å². The lowest BCUT2D eigenvalue weighted by Crippen LogP contribution is -2.31. The summed E-state index contributed by atoms with van der Waals surface area (Å²) in [6.07, 6.45) is 1.80. The van der Waals surface area contributed by atoms with E-state index in [1.54, 1.807) is 0 Å². The van der Waals surface area contributed by atoms with Gasteiger partial charge in [-0.3, -0.25) is 0 Å². The van der Waals surface area contributed by atoms with Crippen molar-refractivity contribution in [3.8, 4) is 0 Å². The number of hydrogen-bond acceptors (Lipinski definition) is 3. The van der Waals surface area contributed by atoms with Gasteiger partial charge in [-0.15, -0.1) is 0 Å². The molecule has 0 saturated heterocycles. The zero-order chi connectivity index (χ0) is 9.45. The van der Waals surface area contributed by atoms with Crippen LogP contribution in [0.5, 0.6) is 0 Å². The normalized spacial score (nSPS) is 12.0. The highest BCUT2D eigenvalue weighted by molar-refractivity contribution is 6.71. The second-order valence-electron chi connectivity index (χ2n) is 3.58. The first-order valence-corrected chi connectivity index (χ1v) is 7.69. The van der Waals surface area contributed by atoms with E-state index in [-0.39, 0.29) is 6.61 Å². The summed E-state index contributed by atoms with van der Waals surface area (Å²) in [6.45, 7) is 6.11. The summed E-state index contributed by atoms with van der Waals surface area (Å²) >= 11 is 0. The molecule has 0 amide bonds. The number of aliphatic hydroxyl groups excluding tert-OH is 1. The van der Waals surface area contributed by atoms with Gasteiger partial charge in [0.15, 0.2) is 8.32 Å². The molecule has 12 heavy (non-hydrogen) atoms. The lowest BCUT2D eigenvalue weighted by atomic mass is 10.5. The Morgan fingerprint density at radius 2 is 2.00 bits per heavy atom. The van der Waals surface area contributed by atoms with Crippen molar-refractivity contribution in [3.05, 3.63) is 0 Å². The van der Waals surface area contributed by atoms with Gasteiger partial charge in [-0.25, -0.2) is 0 Å². The summed E-state index contributed by atoms with van der Waals surface area (Å²) < 4.78 is 5.72. The maximum atomic E-state index is 8.65. The number of hydrogen-bond donors (Lipinski definition) is 2. The second kappa shape index (κ2) is 6.60. The monoisotopic (exact) mass is 191 g/mol. The molecule has 0 aliphatic heterocycles. The maximum absolute atomic E-state index is 8.65. The first kappa shape index (κ1) is 12.1. The molecule has 0 aromatic carbocycles. The van der Waals surface area contributed by atoms with E-state index < -0.39 is 8.32 Å². The van der Waals surface area contributed by atoms with Crippen LogP contribution in [-0.2, 0) is 4.43 Å². The fraction of sp³-hybridized carbons (Fsp3) is 1.00. The predicted octanol–water partition coefficient (Wildman–Crippen LogP) is 0.939. The van der Waals surface area contributed by atoms with Crippen molar-refractivity contribution in [1.29, 1.82) is 0 Å². The van der Waals surface area contributed by atoms with E-state index >= 15 is 0 Å². The highest BCUT2D eigenvalue weighted by atomic mass is 28.4. The molecule has 74 valence electrons. The summed E-state index contributed by atoms with van der Waals surface area (Å²) in [5.41, 5.74) is 5.35. The Morgan fingerprint density at radius 1 is 1.33 bits per heavy atom. The van der Waals surface area contributed by atoms with Crippen molar-refractivity contribution in [2.45, 2.75) is 32.0 Å². The van der Waals surface area contributed by atoms with Crippen LogP contribution in [0.4, 0.5) is 0 Å². The summed E-state index contributed by atoms with van der Waals surface area (Å²) in [6, 6.07) is 1.04. The van der Waals surface area contributed by atoms with Crippen molar-refractivity contribution < 1.29 is 9.53 Å². The average Bonchev–Trinajstić information content (AvgIpc) is 2.01. The van der Waals surface area contributed by atoms with Crippen molar-refractivity contribution in [1.82, 2.24) is 0 Å². The summed E-state index contributed by atoms with van der Waals surface area (Å²) in [5.74, 6) is 0. The van der Waals surface area contributed by atoms with Crippen LogP contribution in [0.2, 0.25) is 19.1 Å². The van der Waals surface area contributed by atoms with Crippen LogP contribution in [0.1, 0.15) is 12.8 Å². The molecule has 3 nitrogen and oxygen atoms in total. The Balaban J connectivity index is 3.42. The van der Waals surface area contributed by atoms with E-state index in [9.17, 15) is 0 Å². The van der Waals surface area contributed by atoms with Gasteiger partial charge in [-0.05, 0) is 38.5 Å². The van der Waals surface area contributed by atoms with Crippen LogP contribution in [-0.4, -0.2) is 33.2 Å². The molecular formula is C8H21NO2Si. The average molecular weight is 191 g/mol. The molecule has 0 saturated carbocycles. The molecule has 0 aromatic rings. The van der Waals surface area contributed by atoms with Crippen LogP contribution in [0.3, 0.4) is 0 Å². The largest absolute Gasteiger partial charge is 0.417 e. The third-order valence-electron chi connectivity index (χ3n) is 1.78. The molecule has 0 aliphatic carbocycles. The standard InChI is InChI=1S/C8H21NO2Si/c1-12(2,8-4-6-10)11-7-3-5-9/h10H,3-9H2,1-2H3. The van der Waals surface area contributed by atoms with E-state index in [0.717, 1.165) is 25.5 Å². The minimum Gasteiger partial charge on any atom is -0.417 e. The Hall–Kier alpha value is 0.0969. The zero-order valence-electron chi connectivity index (χ0n) is 8.18. The van der Waals surface area contributed by atoms with Crippen molar-refractivity contribution in [3.63, 3.8) is 0 Å². The smallest absolute Gasteiger partial charge is 0.186 e. The van der Waals surface area contributed by atoms with Gasteiger partial charge in [0.05, 0.1) is 0 Å². The molecule has 0 heterocycles. The lowest BCUT2D eigenvalue weighted by molar-refractivity contribution is 0.278. The van der Waals surface area contributed by atoms with E-state index in [4.69, 9.17) is 15.3 Å². The van der Waals surface area contributed by atoms with Gasteiger partial charge in [-0.1, -0.05) is 0 Å². The summed E-state index contributed by atoms with van der Waals surface area (Å²) in [7, 11) is -1.48. The number of aliphatic hydroxyl groups is 1. The molecule has 0 atom stereocenters. The molecule has 0 aliphatic rings. The highest BCUT2D eigenvalue weighted by Crippen LogP contribution is 2.13. The van der Waals surface area contributed by atoms with Gasteiger partial charge >= 0.3 is 0 Å². The Labute approximate surface area is 76.0 Å². The summed E-state index contributed by atoms with van der Waals surface area (Å²) in [4.78, 5) is 0. The Bertz CT molecular complexity index is 109. The molecule has 0 radical (unpaired) electrons. The number of nitrogens with two attached hydrogens (primary N) is 1. The molecule has 0 aromatic heterocycles. The zero-order valence-corrected chi connectivity index (χ0v) is 9.18. The number of rotatable bonds is 7. The quantitative estimate of drug-likeness (QED) is 0.465.